The van der Waals surface area contributed by atoms with Gasteiger partial charge < -0.3 is 10.2 Å². The van der Waals surface area contributed by atoms with Crippen molar-refractivity contribution >= 4 is 5.91 Å². The first kappa shape index (κ1) is 16.4. The molecule has 2 aliphatic rings. The van der Waals surface area contributed by atoms with E-state index in [1.54, 1.807) is 6.20 Å². The van der Waals surface area contributed by atoms with Crippen LogP contribution in [0.4, 0.5) is 0 Å². The van der Waals surface area contributed by atoms with E-state index in [1.807, 2.05) is 19.1 Å². The smallest absolute Gasteiger partial charge is 0.253 e. The van der Waals surface area contributed by atoms with E-state index in [4.69, 9.17) is 0 Å². The average Bonchev–Trinajstić information content (AvgIpc) is 2.56. The van der Waals surface area contributed by atoms with Gasteiger partial charge in [-0.3, -0.25) is 14.7 Å². The van der Waals surface area contributed by atoms with Crippen LogP contribution < -0.4 is 5.32 Å². The van der Waals surface area contributed by atoms with Crippen LogP contribution in [0.15, 0.2) is 18.3 Å². The molecule has 2 aliphatic heterocycles. The van der Waals surface area contributed by atoms with Gasteiger partial charge in [-0.25, -0.2) is 0 Å². The lowest BCUT2D eigenvalue weighted by molar-refractivity contribution is 0.0766. The number of aryl methyl sites for hydroxylation is 1. The predicted octanol–water partition coefficient (Wildman–Crippen LogP) is 1.68. The summed E-state index contributed by atoms with van der Waals surface area (Å²) in [5.41, 5.74) is 1.60. The number of piperidine rings is 2. The summed E-state index contributed by atoms with van der Waals surface area (Å²) in [6, 6.07) is 4.69. The van der Waals surface area contributed by atoms with Gasteiger partial charge in [0.1, 0.15) is 0 Å². The van der Waals surface area contributed by atoms with Crippen molar-refractivity contribution in [2.75, 3.05) is 33.2 Å². The Labute approximate surface area is 139 Å². The molecular formula is C18H28N4O. The van der Waals surface area contributed by atoms with Crippen LogP contribution in [0.2, 0.25) is 0 Å². The third-order valence-electron chi connectivity index (χ3n) is 5.17. The van der Waals surface area contributed by atoms with Gasteiger partial charge in [0.2, 0.25) is 0 Å². The summed E-state index contributed by atoms with van der Waals surface area (Å²) in [6.45, 7) is 6.47. The van der Waals surface area contributed by atoms with E-state index in [0.29, 0.717) is 11.6 Å². The van der Waals surface area contributed by atoms with Crippen molar-refractivity contribution in [2.45, 2.75) is 44.7 Å². The summed E-state index contributed by atoms with van der Waals surface area (Å²) in [4.78, 5) is 21.6. The number of aromatic nitrogens is 1. The second-order valence-electron chi connectivity index (χ2n) is 7.03. The summed E-state index contributed by atoms with van der Waals surface area (Å²) in [5, 5.41) is 3.20. The van der Waals surface area contributed by atoms with Crippen LogP contribution in [0.3, 0.4) is 0 Å². The highest BCUT2D eigenvalue weighted by atomic mass is 16.1. The van der Waals surface area contributed by atoms with Crippen LogP contribution in [0, 0.1) is 6.92 Å². The second-order valence-corrected chi connectivity index (χ2v) is 7.03. The SMILES string of the molecule is Cc1ccc(C(=O)N[C@@H]2CCCN(C3CCN(C)CC3)C2)cn1. The van der Waals surface area contributed by atoms with Crippen LogP contribution in [0.1, 0.15) is 41.7 Å². The van der Waals surface area contributed by atoms with Crippen molar-refractivity contribution in [3.63, 3.8) is 0 Å². The van der Waals surface area contributed by atoms with E-state index in [-0.39, 0.29) is 11.9 Å². The largest absolute Gasteiger partial charge is 0.348 e. The molecule has 1 amide bonds. The van der Waals surface area contributed by atoms with E-state index in [0.717, 1.165) is 18.7 Å². The summed E-state index contributed by atoms with van der Waals surface area (Å²) < 4.78 is 0. The Kier molecular flexibility index (Phi) is 5.28. The average molecular weight is 316 g/mol. The van der Waals surface area contributed by atoms with Crippen molar-refractivity contribution in [2.24, 2.45) is 0 Å². The van der Waals surface area contributed by atoms with Gasteiger partial charge in [-0.2, -0.15) is 0 Å². The van der Waals surface area contributed by atoms with E-state index in [2.05, 4.69) is 27.1 Å². The number of hydrogen-bond acceptors (Lipinski definition) is 4. The number of carbonyl (C=O) groups excluding carboxylic acids is 1. The molecule has 0 unspecified atom stereocenters. The van der Waals surface area contributed by atoms with Gasteiger partial charge in [-0.15, -0.1) is 0 Å². The van der Waals surface area contributed by atoms with E-state index in [1.165, 1.54) is 38.9 Å². The molecule has 3 rings (SSSR count). The van der Waals surface area contributed by atoms with Crippen molar-refractivity contribution < 1.29 is 4.79 Å². The standard InChI is InChI=1S/C18H28N4O/c1-14-5-6-15(12-19-14)18(23)20-16-4-3-9-22(13-16)17-7-10-21(2)11-8-17/h5-6,12,16-17H,3-4,7-11,13H2,1-2H3,(H,20,23)/t16-/m1/s1. The molecule has 126 valence electrons. The normalized spacial score (nSPS) is 24.5. The number of likely N-dealkylation sites (tertiary alicyclic amines) is 2. The van der Waals surface area contributed by atoms with Gasteiger partial charge in [0.15, 0.2) is 0 Å². The Bertz CT molecular complexity index is 522. The minimum absolute atomic E-state index is 0.00716. The Balaban J connectivity index is 1.54. The van der Waals surface area contributed by atoms with Gasteiger partial charge in [0.25, 0.3) is 5.91 Å². The highest BCUT2D eigenvalue weighted by Gasteiger charge is 2.28. The first-order chi connectivity index (χ1) is 11.1. The highest BCUT2D eigenvalue weighted by molar-refractivity contribution is 5.94. The summed E-state index contributed by atoms with van der Waals surface area (Å²) in [5.74, 6) is 0.00716. The monoisotopic (exact) mass is 316 g/mol. The maximum absolute atomic E-state index is 12.4. The van der Waals surface area contributed by atoms with Gasteiger partial charge >= 0.3 is 0 Å². The fourth-order valence-electron chi connectivity index (χ4n) is 3.69. The molecule has 3 heterocycles. The highest BCUT2D eigenvalue weighted by Crippen LogP contribution is 2.20. The van der Waals surface area contributed by atoms with E-state index in [9.17, 15) is 4.79 Å². The molecule has 1 aromatic rings. The molecule has 0 spiro atoms. The van der Waals surface area contributed by atoms with Crippen LogP contribution in [0.5, 0.6) is 0 Å². The molecular weight excluding hydrogens is 288 g/mol. The molecule has 5 nitrogen and oxygen atoms in total. The zero-order chi connectivity index (χ0) is 16.2. The van der Waals surface area contributed by atoms with Crippen LogP contribution >= 0.6 is 0 Å². The molecule has 1 N–H and O–H groups in total. The third-order valence-corrected chi connectivity index (χ3v) is 5.17. The molecule has 2 fully saturated rings. The molecule has 1 aromatic heterocycles. The van der Waals surface area contributed by atoms with Crippen LogP contribution in [-0.4, -0.2) is 66.0 Å². The Morgan fingerprint density at radius 2 is 2.00 bits per heavy atom. The maximum Gasteiger partial charge on any atom is 0.253 e. The topological polar surface area (TPSA) is 48.5 Å². The third kappa shape index (κ3) is 4.30. The number of nitrogens with one attached hydrogen (secondary N) is 1. The molecule has 5 heteroatoms. The van der Waals surface area contributed by atoms with E-state index < -0.39 is 0 Å². The number of carbonyl (C=O) groups is 1. The zero-order valence-electron chi connectivity index (χ0n) is 14.3. The minimum atomic E-state index is 0.00716. The van der Waals surface area contributed by atoms with Crippen molar-refractivity contribution in [3.8, 4) is 0 Å². The maximum atomic E-state index is 12.4. The van der Waals surface area contributed by atoms with Gasteiger partial charge in [0, 0.05) is 30.5 Å². The molecule has 1 atom stereocenters. The molecule has 0 aromatic carbocycles. The Hall–Kier alpha value is -1.46. The molecule has 0 aliphatic carbocycles. The molecule has 23 heavy (non-hydrogen) atoms. The van der Waals surface area contributed by atoms with Gasteiger partial charge in [-0.05, 0) is 71.4 Å². The van der Waals surface area contributed by atoms with Crippen LogP contribution in [-0.2, 0) is 0 Å². The Morgan fingerprint density at radius 3 is 2.70 bits per heavy atom. The van der Waals surface area contributed by atoms with E-state index >= 15 is 0 Å². The lowest BCUT2D eigenvalue weighted by atomic mass is 9.98. The summed E-state index contributed by atoms with van der Waals surface area (Å²) in [7, 11) is 2.20. The summed E-state index contributed by atoms with van der Waals surface area (Å²) >= 11 is 0. The number of hydrogen-bond donors (Lipinski definition) is 1. The van der Waals surface area contributed by atoms with Gasteiger partial charge in [-0.1, -0.05) is 0 Å². The second kappa shape index (κ2) is 7.41. The van der Waals surface area contributed by atoms with Crippen LogP contribution in [0.25, 0.3) is 0 Å². The van der Waals surface area contributed by atoms with Crippen molar-refractivity contribution in [1.29, 1.82) is 0 Å². The first-order valence-electron chi connectivity index (χ1n) is 8.78. The number of rotatable bonds is 3. The Morgan fingerprint density at radius 1 is 1.22 bits per heavy atom. The molecule has 0 saturated carbocycles. The predicted molar refractivity (Wildman–Crippen MR) is 91.6 cm³/mol. The fraction of sp³-hybridized carbons (Fsp3) is 0.667. The molecule has 0 bridgehead atoms. The zero-order valence-corrected chi connectivity index (χ0v) is 14.3. The number of pyridine rings is 1. The quantitative estimate of drug-likeness (QED) is 0.922. The molecule has 2 saturated heterocycles. The lowest BCUT2D eigenvalue weighted by Gasteiger charge is -2.41. The minimum Gasteiger partial charge on any atom is -0.348 e. The lowest BCUT2D eigenvalue weighted by Crippen LogP contribution is -2.53. The number of nitrogens with zero attached hydrogens (tertiary/aromatic N) is 3. The van der Waals surface area contributed by atoms with Crippen molar-refractivity contribution in [3.05, 3.63) is 29.6 Å². The van der Waals surface area contributed by atoms with Crippen molar-refractivity contribution in [1.82, 2.24) is 20.1 Å². The molecule has 0 radical (unpaired) electrons. The summed E-state index contributed by atoms with van der Waals surface area (Å²) in [6.07, 6.45) is 6.41. The fourth-order valence-corrected chi connectivity index (χ4v) is 3.69. The first-order valence-corrected chi connectivity index (χ1v) is 8.78. The number of amides is 1. The van der Waals surface area contributed by atoms with Gasteiger partial charge in [0.05, 0.1) is 5.56 Å².